The van der Waals surface area contributed by atoms with Crippen molar-refractivity contribution in [1.29, 1.82) is 0 Å². The first-order chi connectivity index (χ1) is 6.74. The second kappa shape index (κ2) is 5.75. The van der Waals surface area contributed by atoms with E-state index in [0.717, 1.165) is 0 Å². The molecule has 2 atom stereocenters. The molecule has 0 saturated carbocycles. The minimum Gasteiger partial charge on any atom is -0.393 e. The van der Waals surface area contributed by atoms with E-state index in [4.69, 9.17) is 5.11 Å². The SMILES string of the molecule is C[C@H]([NH2+]C[C@H](O)CO)c1ccccc1. The summed E-state index contributed by atoms with van der Waals surface area (Å²) in [6.45, 7) is 2.45. The maximum atomic E-state index is 9.17. The molecule has 0 saturated heterocycles. The van der Waals surface area contributed by atoms with Gasteiger partial charge in [-0.15, -0.1) is 0 Å². The molecular formula is C11H18NO2+. The van der Waals surface area contributed by atoms with Crippen molar-refractivity contribution < 1.29 is 15.5 Å². The number of quaternary nitrogens is 1. The summed E-state index contributed by atoms with van der Waals surface area (Å²) in [5, 5.41) is 19.8. The molecule has 0 unspecified atom stereocenters. The van der Waals surface area contributed by atoms with Crippen LogP contribution >= 0.6 is 0 Å². The molecule has 0 aliphatic rings. The van der Waals surface area contributed by atoms with Gasteiger partial charge in [0.2, 0.25) is 0 Å². The van der Waals surface area contributed by atoms with Crippen LogP contribution < -0.4 is 5.32 Å². The summed E-state index contributed by atoms with van der Waals surface area (Å²) in [4.78, 5) is 0. The van der Waals surface area contributed by atoms with Crippen molar-refractivity contribution >= 4 is 0 Å². The Labute approximate surface area is 84.4 Å². The van der Waals surface area contributed by atoms with Crippen molar-refractivity contribution in [2.75, 3.05) is 13.2 Å². The smallest absolute Gasteiger partial charge is 0.126 e. The monoisotopic (exact) mass is 196 g/mol. The summed E-state index contributed by atoms with van der Waals surface area (Å²) in [5.74, 6) is 0. The molecule has 0 aromatic heterocycles. The Kier molecular flexibility index (Phi) is 4.59. The maximum Gasteiger partial charge on any atom is 0.126 e. The van der Waals surface area contributed by atoms with E-state index in [1.54, 1.807) is 0 Å². The largest absolute Gasteiger partial charge is 0.393 e. The predicted octanol–water partition coefficient (Wildman–Crippen LogP) is -0.336. The molecule has 3 heteroatoms. The van der Waals surface area contributed by atoms with E-state index in [1.165, 1.54) is 5.56 Å². The molecule has 1 aromatic rings. The minimum absolute atomic E-state index is 0.169. The highest BCUT2D eigenvalue weighted by Crippen LogP contribution is 2.05. The Balaban J connectivity index is 2.39. The summed E-state index contributed by atoms with van der Waals surface area (Å²) in [6.07, 6.45) is -0.624. The molecule has 14 heavy (non-hydrogen) atoms. The van der Waals surface area contributed by atoms with Crippen LogP contribution in [-0.4, -0.2) is 29.5 Å². The van der Waals surface area contributed by atoms with Gasteiger partial charge in [-0.2, -0.15) is 0 Å². The lowest BCUT2D eigenvalue weighted by atomic mass is 10.1. The molecule has 0 bridgehead atoms. The zero-order chi connectivity index (χ0) is 10.4. The molecule has 78 valence electrons. The molecule has 0 aliphatic heterocycles. The van der Waals surface area contributed by atoms with Crippen LogP contribution in [-0.2, 0) is 0 Å². The lowest BCUT2D eigenvalue weighted by Gasteiger charge is -2.12. The molecule has 0 spiro atoms. The summed E-state index contributed by atoms with van der Waals surface area (Å²) in [6, 6.07) is 10.4. The molecule has 3 nitrogen and oxygen atoms in total. The van der Waals surface area contributed by atoms with Crippen LogP contribution in [0.25, 0.3) is 0 Å². The fraction of sp³-hybridized carbons (Fsp3) is 0.455. The van der Waals surface area contributed by atoms with Gasteiger partial charge in [-0.1, -0.05) is 30.3 Å². The number of hydrogen-bond donors (Lipinski definition) is 3. The van der Waals surface area contributed by atoms with E-state index in [-0.39, 0.29) is 6.61 Å². The van der Waals surface area contributed by atoms with E-state index in [9.17, 15) is 5.11 Å². The van der Waals surface area contributed by atoms with Gasteiger partial charge in [-0.25, -0.2) is 0 Å². The van der Waals surface area contributed by atoms with E-state index in [2.05, 4.69) is 19.1 Å². The van der Waals surface area contributed by atoms with Crippen molar-refractivity contribution in [2.24, 2.45) is 0 Å². The van der Waals surface area contributed by atoms with Crippen LogP contribution in [0, 0.1) is 0 Å². The molecule has 0 aliphatic carbocycles. The number of rotatable bonds is 5. The Morgan fingerprint density at radius 3 is 2.50 bits per heavy atom. The standard InChI is InChI=1S/C11H17NO2/c1-9(12-7-11(14)8-13)10-5-3-2-4-6-10/h2-6,9,11-14H,7-8H2,1H3/p+1/t9-,11-/m0/s1. The van der Waals surface area contributed by atoms with Gasteiger partial charge < -0.3 is 15.5 Å². The molecule has 0 amide bonds. The first-order valence-electron chi connectivity index (χ1n) is 4.91. The summed E-state index contributed by atoms with van der Waals surface area (Å²) < 4.78 is 0. The van der Waals surface area contributed by atoms with E-state index in [1.807, 2.05) is 23.5 Å². The molecule has 1 aromatic carbocycles. The van der Waals surface area contributed by atoms with Gasteiger partial charge in [0.25, 0.3) is 0 Å². The minimum atomic E-state index is -0.624. The lowest BCUT2D eigenvalue weighted by molar-refractivity contribution is -0.698. The predicted molar refractivity (Wildman–Crippen MR) is 54.7 cm³/mol. The fourth-order valence-electron chi connectivity index (χ4n) is 1.33. The Morgan fingerprint density at radius 2 is 1.93 bits per heavy atom. The van der Waals surface area contributed by atoms with Gasteiger partial charge in [0.15, 0.2) is 0 Å². The fourth-order valence-corrected chi connectivity index (χ4v) is 1.33. The maximum absolute atomic E-state index is 9.17. The van der Waals surface area contributed by atoms with Gasteiger partial charge in [0, 0.05) is 5.56 Å². The summed E-state index contributed by atoms with van der Waals surface area (Å²) in [7, 11) is 0. The summed E-state index contributed by atoms with van der Waals surface area (Å²) in [5.41, 5.74) is 1.23. The average Bonchev–Trinajstić information content (AvgIpc) is 2.26. The second-order valence-electron chi connectivity index (χ2n) is 3.51. The molecule has 0 fully saturated rings. The van der Waals surface area contributed by atoms with Crippen LogP contribution in [0.4, 0.5) is 0 Å². The highest BCUT2D eigenvalue weighted by atomic mass is 16.3. The number of benzene rings is 1. The topological polar surface area (TPSA) is 57.1 Å². The van der Waals surface area contributed by atoms with Gasteiger partial charge in [-0.05, 0) is 6.92 Å². The molecular weight excluding hydrogens is 178 g/mol. The van der Waals surface area contributed by atoms with Crippen LogP contribution in [0.1, 0.15) is 18.5 Å². The highest BCUT2D eigenvalue weighted by Gasteiger charge is 2.10. The van der Waals surface area contributed by atoms with Gasteiger partial charge in [-0.3, -0.25) is 0 Å². The molecule has 1 rings (SSSR count). The Hall–Kier alpha value is -0.900. The molecule has 4 N–H and O–H groups in total. The zero-order valence-electron chi connectivity index (χ0n) is 8.43. The number of hydrogen-bond acceptors (Lipinski definition) is 2. The van der Waals surface area contributed by atoms with Crippen molar-refractivity contribution in [3.05, 3.63) is 35.9 Å². The van der Waals surface area contributed by atoms with Crippen molar-refractivity contribution in [3.63, 3.8) is 0 Å². The second-order valence-corrected chi connectivity index (χ2v) is 3.51. The van der Waals surface area contributed by atoms with Gasteiger partial charge in [0.1, 0.15) is 18.7 Å². The lowest BCUT2D eigenvalue weighted by Crippen LogP contribution is -2.87. The van der Waals surface area contributed by atoms with Crippen LogP contribution in [0.2, 0.25) is 0 Å². The third-order valence-corrected chi connectivity index (χ3v) is 2.30. The Morgan fingerprint density at radius 1 is 1.29 bits per heavy atom. The normalized spacial score (nSPS) is 15.1. The third kappa shape index (κ3) is 3.46. The number of aliphatic hydroxyl groups is 2. The average molecular weight is 196 g/mol. The van der Waals surface area contributed by atoms with Crippen LogP contribution in [0.3, 0.4) is 0 Å². The van der Waals surface area contributed by atoms with Crippen LogP contribution in [0.5, 0.6) is 0 Å². The van der Waals surface area contributed by atoms with Crippen molar-refractivity contribution in [3.8, 4) is 0 Å². The number of aliphatic hydroxyl groups excluding tert-OH is 2. The van der Waals surface area contributed by atoms with Gasteiger partial charge in [0.05, 0.1) is 6.61 Å². The van der Waals surface area contributed by atoms with E-state index < -0.39 is 6.10 Å². The van der Waals surface area contributed by atoms with E-state index >= 15 is 0 Å². The number of nitrogens with two attached hydrogens (primary N) is 1. The van der Waals surface area contributed by atoms with Crippen molar-refractivity contribution in [1.82, 2.24) is 0 Å². The van der Waals surface area contributed by atoms with Crippen LogP contribution in [0.15, 0.2) is 30.3 Å². The van der Waals surface area contributed by atoms with E-state index in [0.29, 0.717) is 12.6 Å². The zero-order valence-corrected chi connectivity index (χ0v) is 8.43. The summed E-state index contributed by atoms with van der Waals surface area (Å²) >= 11 is 0. The van der Waals surface area contributed by atoms with Gasteiger partial charge >= 0.3 is 0 Å². The van der Waals surface area contributed by atoms with Crippen molar-refractivity contribution in [2.45, 2.75) is 19.1 Å². The molecule has 0 radical (unpaired) electrons. The first-order valence-corrected chi connectivity index (χ1v) is 4.91. The Bertz CT molecular complexity index is 251. The first kappa shape index (κ1) is 11.2. The quantitative estimate of drug-likeness (QED) is 0.603. The molecule has 0 heterocycles. The third-order valence-electron chi connectivity index (χ3n) is 2.30. The highest BCUT2D eigenvalue weighted by molar-refractivity contribution is 5.16.